The lowest BCUT2D eigenvalue weighted by molar-refractivity contribution is -0.218. The third-order valence-electron chi connectivity index (χ3n) is 4.62. The SMILES string of the molecule is CCC[C@@H]1CC(=O)C[C@H]2C(O)OC[C@H](c3ccccc3)N12. The summed E-state index contributed by atoms with van der Waals surface area (Å²) in [6, 6.07) is 10.4. The average Bonchev–Trinajstić information content (AvgIpc) is 2.49. The summed E-state index contributed by atoms with van der Waals surface area (Å²) in [5.74, 6) is 0.242. The summed E-state index contributed by atoms with van der Waals surface area (Å²) in [6.45, 7) is 2.62. The molecule has 2 saturated heterocycles. The first-order chi connectivity index (χ1) is 10.2. The van der Waals surface area contributed by atoms with Gasteiger partial charge in [0.2, 0.25) is 0 Å². The second-order valence-corrected chi connectivity index (χ2v) is 6.05. The van der Waals surface area contributed by atoms with Crippen LogP contribution in [0, 0.1) is 0 Å². The monoisotopic (exact) mass is 289 g/mol. The Morgan fingerprint density at radius 1 is 1.29 bits per heavy atom. The molecule has 0 aromatic heterocycles. The zero-order valence-corrected chi connectivity index (χ0v) is 12.4. The van der Waals surface area contributed by atoms with Crippen molar-refractivity contribution in [2.24, 2.45) is 0 Å². The van der Waals surface area contributed by atoms with Crippen molar-refractivity contribution >= 4 is 5.78 Å². The first-order valence-electron chi connectivity index (χ1n) is 7.84. The van der Waals surface area contributed by atoms with Gasteiger partial charge in [-0.15, -0.1) is 0 Å². The number of benzene rings is 1. The molecule has 4 nitrogen and oxygen atoms in total. The quantitative estimate of drug-likeness (QED) is 0.927. The average molecular weight is 289 g/mol. The van der Waals surface area contributed by atoms with Crippen molar-refractivity contribution in [1.82, 2.24) is 4.90 Å². The highest BCUT2D eigenvalue weighted by Crippen LogP contribution is 2.38. The molecule has 2 aliphatic heterocycles. The summed E-state index contributed by atoms with van der Waals surface area (Å²) in [6.07, 6.45) is 2.16. The minimum Gasteiger partial charge on any atom is -0.367 e. The van der Waals surface area contributed by atoms with Crippen molar-refractivity contribution in [1.29, 1.82) is 0 Å². The molecule has 1 unspecified atom stereocenters. The highest BCUT2D eigenvalue weighted by Gasteiger charge is 2.45. The number of carbonyl (C=O) groups excluding carboxylic acids is 1. The third kappa shape index (κ3) is 2.89. The Morgan fingerprint density at radius 2 is 2.05 bits per heavy atom. The molecule has 0 aliphatic carbocycles. The van der Waals surface area contributed by atoms with Gasteiger partial charge in [-0.05, 0) is 12.0 Å². The first-order valence-corrected chi connectivity index (χ1v) is 7.84. The van der Waals surface area contributed by atoms with Gasteiger partial charge in [0.1, 0.15) is 5.78 Å². The molecule has 0 spiro atoms. The van der Waals surface area contributed by atoms with Crippen LogP contribution in [-0.2, 0) is 9.53 Å². The number of aliphatic hydroxyl groups is 1. The summed E-state index contributed by atoms with van der Waals surface area (Å²) < 4.78 is 5.55. The van der Waals surface area contributed by atoms with E-state index in [2.05, 4.69) is 24.0 Å². The van der Waals surface area contributed by atoms with Gasteiger partial charge < -0.3 is 9.84 Å². The van der Waals surface area contributed by atoms with E-state index in [-0.39, 0.29) is 23.9 Å². The normalized spacial score (nSPS) is 33.7. The lowest BCUT2D eigenvalue weighted by Gasteiger charge is -2.50. The van der Waals surface area contributed by atoms with Crippen LogP contribution in [0.25, 0.3) is 0 Å². The zero-order valence-electron chi connectivity index (χ0n) is 12.4. The Hall–Kier alpha value is -1.23. The number of rotatable bonds is 3. The van der Waals surface area contributed by atoms with Gasteiger partial charge in [0.15, 0.2) is 6.29 Å². The fraction of sp³-hybridized carbons (Fsp3) is 0.588. The fourth-order valence-electron chi connectivity index (χ4n) is 3.71. The second kappa shape index (κ2) is 6.26. The number of nitrogens with zero attached hydrogens (tertiary/aromatic N) is 1. The van der Waals surface area contributed by atoms with Gasteiger partial charge in [0.05, 0.1) is 18.7 Å². The molecule has 1 aromatic carbocycles. The van der Waals surface area contributed by atoms with E-state index in [0.717, 1.165) is 12.8 Å². The van der Waals surface area contributed by atoms with Gasteiger partial charge in [-0.25, -0.2) is 0 Å². The molecule has 0 bridgehead atoms. The lowest BCUT2D eigenvalue weighted by Crippen LogP contribution is -2.60. The number of ketones is 1. The number of fused-ring (bicyclic) bond motifs is 1. The molecule has 2 heterocycles. The number of piperidine rings is 1. The molecule has 0 amide bonds. The minimum atomic E-state index is -0.853. The van der Waals surface area contributed by atoms with Crippen LogP contribution in [0.4, 0.5) is 0 Å². The van der Waals surface area contributed by atoms with Crippen LogP contribution < -0.4 is 0 Å². The molecular weight excluding hydrogens is 266 g/mol. The highest BCUT2D eigenvalue weighted by atomic mass is 16.6. The summed E-state index contributed by atoms with van der Waals surface area (Å²) in [5, 5.41) is 10.2. The van der Waals surface area contributed by atoms with Gasteiger partial charge in [-0.3, -0.25) is 9.69 Å². The molecule has 114 valence electrons. The van der Waals surface area contributed by atoms with E-state index in [4.69, 9.17) is 4.74 Å². The topological polar surface area (TPSA) is 49.8 Å². The number of aliphatic hydroxyl groups excluding tert-OH is 1. The summed E-state index contributed by atoms with van der Waals surface area (Å²) >= 11 is 0. The number of carbonyl (C=O) groups is 1. The smallest absolute Gasteiger partial charge is 0.170 e. The zero-order chi connectivity index (χ0) is 14.8. The van der Waals surface area contributed by atoms with Gasteiger partial charge in [-0.2, -0.15) is 0 Å². The van der Waals surface area contributed by atoms with E-state index in [1.807, 2.05) is 18.2 Å². The summed E-state index contributed by atoms with van der Waals surface area (Å²) in [4.78, 5) is 14.3. The Labute approximate surface area is 125 Å². The van der Waals surface area contributed by atoms with E-state index in [1.165, 1.54) is 5.56 Å². The second-order valence-electron chi connectivity index (χ2n) is 6.05. The summed E-state index contributed by atoms with van der Waals surface area (Å²) in [7, 11) is 0. The highest BCUT2D eigenvalue weighted by molar-refractivity contribution is 5.80. The van der Waals surface area contributed by atoms with E-state index < -0.39 is 6.29 Å². The van der Waals surface area contributed by atoms with Crippen molar-refractivity contribution in [3.8, 4) is 0 Å². The molecule has 2 fully saturated rings. The predicted molar refractivity (Wildman–Crippen MR) is 79.7 cm³/mol. The van der Waals surface area contributed by atoms with Crippen LogP contribution >= 0.6 is 0 Å². The molecule has 3 rings (SSSR count). The largest absolute Gasteiger partial charge is 0.367 e. The Balaban J connectivity index is 1.92. The van der Waals surface area contributed by atoms with Crippen LogP contribution in [-0.4, -0.2) is 40.8 Å². The number of hydrogen-bond acceptors (Lipinski definition) is 4. The Morgan fingerprint density at radius 3 is 2.76 bits per heavy atom. The number of hydrogen-bond donors (Lipinski definition) is 1. The Bertz CT molecular complexity index is 490. The van der Waals surface area contributed by atoms with Crippen LogP contribution in [0.3, 0.4) is 0 Å². The van der Waals surface area contributed by atoms with Crippen LogP contribution in [0.2, 0.25) is 0 Å². The molecule has 0 radical (unpaired) electrons. The first kappa shape index (κ1) is 14.7. The maximum Gasteiger partial charge on any atom is 0.170 e. The minimum absolute atomic E-state index is 0.129. The van der Waals surface area contributed by atoms with Crippen molar-refractivity contribution < 1.29 is 14.6 Å². The number of ether oxygens (including phenoxy) is 1. The lowest BCUT2D eigenvalue weighted by atomic mass is 9.87. The van der Waals surface area contributed by atoms with Crippen molar-refractivity contribution in [2.75, 3.05) is 6.61 Å². The van der Waals surface area contributed by atoms with E-state index in [0.29, 0.717) is 19.4 Å². The molecule has 4 atom stereocenters. The van der Waals surface area contributed by atoms with E-state index in [9.17, 15) is 9.90 Å². The van der Waals surface area contributed by atoms with E-state index in [1.54, 1.807) is 0 Å². The van der Waals surface area contributed by atoms with Crippen molar-refractivity contribution in [3.63, 3.8) is 0 Å². The molecule has 1 N–H and O–H groups in total. The molecule has 21 heavy (non-hydrogen) atoms. The van der Waals surface area contributed by atoms with Crippen LogP contribution in [0.1, 0.15) is 44.2 Å². The maximum atomic E-state index is 12.0. The van der Waals surface area contributed by atoms with E-state index >= 15 is 0 Å². The van der Waals surface area contributed by atoms with Gasteiger partial charge in [0.25, 0.3) is 0 Å². The number of Topliss-reactive ketones (excluding diaryl/α,β-unsaturated/α-hetero) is 1. The van der Waals surface area contributed by atoms with Crippen molar-refractivity contribution in [3.05, 3.63) is 35.9 Å². The van der Waals surface area contributed by atoms with Crippen LogP contribution in [0.15, 0.2) is 30.3 Å². The van der Waals surface area contributed by atoms with Crippen LogP contribution in [0.5, 0.6) is 0 Å². The molecular formula is C17H23NO3. The molecule has 0 saturated carbocycles. The predicted octanol–water partition coefficient (Wildman–Crippen LogP) is 2.28. The van der Waals surface area contributed by atoms with Gasteiger partial charge in [-0.1, -0.05) is 43.7 Å². The summed E-state index contributed by atoms with van der Waals surface area (Å²) in [5.41, 5.74) is 1.20. The third-order valence-corrected chi connectivity index (χ3v) is 4.62. The van der Waals surface area contributed by atoms with Gasteiger partial charge >= 0.3 is 0 Å². The molecule has 4 heteroatoms. The Kier molecular flexibility index (Phi) is 4.38. The van der Waals surface area contributed by atoms with Gasteiger partial charge in [0, 0.05) is 18.9 Å². The van der Waals surface area contributed by atoms with Crippen molar-refractivity contribution in [2.45, 2.75) is 57.0 Å². The molecule has 2 aliphatic rings. The number of morpholine rings is 1. The standard InChI is InChI=1S/C17H23NO3/c1-2-6-13-9-14(19)10-15-17(20)21-11-16(18(13)15)12-7-4-3-5-8-12/h3-5,7-8,13,15-17,20H,2,6,9-11H2,1H3/t13-,15+,16-,17?/m1/s1. The fourth-order valence-corrected chi connectivity index (χ4v) is 3.71. The molecule has 1 aromatic rings. The maximum absolute atomic E-state index is 12.0.